The Morgan fingerprint density at radius 1 is 1.04 bits per heavy atom. The van der Waals surface area contributed by atoms with Crippen molar-refractivity contribution in [2.24, 2.45) is 0 Å². The van der Waals surface area contributed by atoms with Crippen LogP contribution < -0.4 is 5.32 Å². The van der Waals surface area contributed by atoms with E-state index in [4.69, 9.17) is 0 Å². The Hall–Kier alpha value is -2.39. The third-order valence-electron chi connectivity index (χ3n) is 4.62. The second-order valence-corrected chi connectivity index (χ2v) is 8.49. The molecule has 0 unspecified atom stereocenters. The maximum atomic E-state index is 13.3. The number of nitrogens with one attached hydrogen (secondary N) is 1. The Morgan fingerprint density at radius 3 is 2.43 bits per heavy atom. The molecule has 1 aliphatic rings. The van der Waals surface area contributed by atoms with Crippen molar-refractivity contribution in [3.05, 3.63) is 59.9 Å². The quantitative estimate of drug-likeness (QED) is 0.815. The Labute approximate surface area is 161 Å². The number of sulfonamides is 1. The molecule has 1 saturated heterocycles. The minimum absolute atomic E-state index is 0.0400. The van der Waals surface area contributed by atoms with Gasteiger partial charge in [-0.15, -0.1) is 0 Å². The van der Waals surface area contributed by atoms with Crippen LogP contribution >= 0.6 is 0 Å². The zero-order chi connectivity index (χ0) is 20.3. The summed E-state index contributed by atoms with van der Waals surface area (Å²) in [4.78, 5) is 12.3. The minimum Gasteiger partial charge on any atom is -0.326 e. The lowest BCUT2D eigenvalue weighted by molar-refractivity contribution is -0.117. The summed E-state index contributed by atoms with van der Waals surface area (Å²) in [6, 6.07) is 6.94. The van der Waals surface area contributed by atoms with E-state index in [0.29, 0.717) is 12.8 Å². The van der Waals surface area contributed by atoms with Gasteiger partial charge in [-0.2, -0.15) is 4.31 Å². The van der Waals surface area contributed by atoms with Crippen molar-refractivity contribution in [1.82, 2.24) is 4.31 Å². The number of benzene rings is 2. The molecule has 150 valence electrons. The Bertz CT molecular complexity index is 965. The van der Waals surface area contributed by atoms with E-state index in [1.165, 1.54) is 22.5 Å². The van der Waals surface area contributed by atoms with Crippen molar-refractivity contribution in [3.8, 4) is 0 Å². The van der Waals surface area contributed by atoms with Gasteiger partial charge in [0, 0.05) is 30.8 Å². The molecule has 1 amide bonds. The summed E-state index contributed by atoms with van der Waals surface area (Å²) in [5.41, 5.74) is 0.0904. The molecule has 1 fully saturated rings. The highest BCUT2D eigenvalue weighted by Crippen LogP contribution is 2.27. The molecule has 9 heteroatoms. The molecule has 0 bridgehead atoms. The highest BCUT2D eigenvalue weighted by atomic mass is 32.2. The van der Waals surface area contributed by atoms with Gasteiger partial charge in [0.05, 0.1) is 4.90 Å². The Balaban J connectivity index is 1.74. The summed E-state index contributed by atoms with van der Waals surface area (Å²) >= 11 is 0. The fourth-order valence-electron chi connectivity index (χ4n) is 3.24. The number of amides is 1. The molecular weight excluding hydrogens is 393 g/mol. The van der Waals surface area contributed by atoms with E-state index in [1.807, 2.05) is 0 Å². The molecule has 5 nitrogen and oxygen atoms in total. The lowest BCUT2D eigenvalue weighted by atomic mass is 10.0. The molecule has 0 radical (unpaired) electrons. The number of carbonyl (C=O) groups is 1. The van der Waals surface area contributed by atoms with Crippen LogP contribution in [-0.4, -0.2) is 31.2 Å². The maximum Gasteiger partial charge on any atom is 0.243 e. The van der Waals surface area contributed by atoms with Crippen molar-refractivity contribution < 1.29 is 26.4 Å². The first-order valence-corrected chi connectivity index (χ1v) is 10.2. The molecule has 0 aromatic heterocycles. The van der Waals surface area contributed by atoms with Gasteiger partial charge in [0.1, 0.15) is 5.82 Å². The molecule has 2 aromatic carbocycles. The summed E-state index contributed by atoms with van der Waals surface area (Å²) in [6.45, 7) is 0.253. The molecule has 0 spiro atoms. The van der Waals surface area contributed by atoms with Gasteiger partial charge < -0.3 is 5.32 Å². The third kappa shape index (κ3) is 4.53. The van der Waals surface area contributed by atoms with Crippen molar-refractivity contribution in [2.45, 2.75) is 36.6 Å². The van der Waals surface area contributed by atoms with Crippen molar-refractivity contribution >= 4 is 21.6 Å². The van der Waals surface area contributed by atoms with Crippen LogP contribution in [0.1, 0.15) is 25.7 Å². The van der Waals surface area contributed by atoms with Gasteiger partial charge in [-0.25, -0.2) is 21.6 Å². The number of hydrogen-bond donors (Lipinski definition) is 1. The first-order chi connectivity index (χ1) is 13.3. The van der Waals surface area contributed by atoms with Crippen LogP contribution in [0.25, 0.3) is 0 Å². The largest absolute Gasteiger partial charge is 0.326 e. The molecule has 28 heavy (non-hydrogen) atoms. The van der Waals surface area contributed by atoms with E-state index in [1.54, 1.807) is 0 Å². The van der Waals surface area contributed by atoms with E-state index in [-0.39, 0.29) is 23.5 Å². The summed E-state index contributed by atoms with van der Waals surface area (Å²) in [6.07, 6.45) is 1.78. The Kier molecular flexibility index (Phi) is 6.04. The molecule has 1 heterocycles. The van der Waals surface area contributed by atoms with Gasteiger partial charge in [0.2, 0.25) is 15.9 Å². The van der Waals surface area contributed by atoms with Crippen LogP contribution in [0.4, 0.5) is 18.9 Å². The van der Waals surface area contributed by atoms with Crippen LogP contribution in [0.5, 0.6) is 0 Å². The normalized spacial score (nSPS) is 18.0. The molecule has 0 aliphatic carbocycles. The summed E-state index contributed by atoms with van der Waals surface area (Å²) in [5.74, 6) is -3.16. The van der Waals surface area contributed by atoms with Gasteiger partial charge in [-0.3, -0.25) is 4.79 Å². The van der Waals surface area contributed by atoms with Crippen LogP contribution in [-0.2, 0) is 14.8 Å². The first-order valence-electron chi connectivity index (χ1n) is 8.79. The third-order valence-corrected chi connectivity index (χ3v) is 6.58. The lowest BCUT2D eigenvalue weighted by Crippen LogP contribution is -2.45. The van der Waals surface area contributed by atoms with E-state index in [9.17, 15) is 26.4 Å². The zero-order valence-corrected chi connectivity index (χ0v) is 15.7. The highest BCUT2D eigenvalue weighted by molar-refractivity contribution is 7.89. The molecule has 1 atom stereocenters. The minimum atomic E-state index is -3.88. The molecule has 2 aromatic rings. The number of piperidine rings is 1. The predicted molar refractivity (Wildman–Crippen MR) is 97.5 cm³/mol. The first kappa shape index (κ1) is 20.3. The van der Waals surface area contributed by atoms with E-state index >= 15 is 0 Å². The molecular formula is C19H19F3N2O3S. The van der Waals surface area contributed by atoms with E-state index in [0.717, 1.165) is 30.7 Å². The van der Waals surface area contributed by atoms with E-state index in [2.05, 4.69) is 5.32 Å². The smallest absolute Gasteiger partial charge is 0.243 e. The fourth-order valence-corrected chi connectivity index (χ4v) is 4.93. The summed E-state index contributed by atoms with van der Waals surface area (Å²) < 4.78 is 66.5. The van der Waals surface area contributed by atoms with Crippen molar-refractivity contribution in [2.75, 3.05) is 11.9 Å². The molecule has 3 rings (SSSR count). The summed E-state index contributed by atoms with van der Waals surface area (Å²) in [7, 11) is -3.88. The van der Waals surface area contributed by atoms with Gasteiger partial charge >= 0.3 is 0 Å². The standard InChI is InChI=1S/C19H19F3N2O3S/c20-13-4-7-16(8-5-13)28(26,27)24-10-2-1-3-15(24)12-19(25)23-14-6-9-17(21)18(22)11-14/h4-9,11,15H,1-3,10,12H2,(H,23,25)/t15-/m0/s1. The monoisotopic (exact) mass is 412 g/mol. The van der Waals surface area contributed by atoms with Gasteiger partial charge in [-0.1, -0.05) is 6.42 Å². The molecule has 0 saturated carbocycles. The second kappa shape index (κ2) is 8.32. The number of rotatable bonds is 5. The number of halogens is 3. The number of hydrogen-bond acceptors (Lipinski definition) is 3. The second-order valence-electron chi connectivity index (χ2n) is 6.60. The highest BCUT2D eigenvalue weighted by Gasteiger charge is 2.34. The average molecular weight is 412 g/mol. The van der Waals surface area contributed by atoms with Gasteiger partial charge in [-0.05, 0) is 49.2 Å². The predicted octanol–water partition coefficient (Wildman–Crippen LogP) is 3.68. The zero-order valence-electron chi connectivity index (χ0n) is 14.9. The van der Waals surface area contributed by atoms with Crippen LogP contribution in [0.2, 0.25) is 0 Å². The number of carbonyl (C=O) groups excluding carboxylic acids is 1. The average Bonchev–Trinajstić information content (AvgIpc) is 2.65. The summed E-state index contributed by atoms with van der Waals surface area (Å²) in [5, 5.41) is 2.46. The fraction of sp³-hybridized carbons (Fsp3) is 0.316. The Morgan fingerprint density at radius 2 is 1.75 bits per heavy atom. The van der Waals surface area contributed by atoms with E-state index < -0.39 is 39.4 Å². The lowest BCUT2D eigenvalue weighted by Gasteiger charge is -2.34. The van der Waals surface area contributed by atoms with Crippen molar-refractivity contribution in [3.63, 3.8) is 0 Å². The molecule has 1 aliphatic heterocycles. The van der Waals surface area contributed by atoms with Crippen LogP contribution in [0.3, 0.4) is 0 Å². The number of anilines is 1. The SMILES string of the molecule is O=C(C[C@@H]1CCCCN1S(=O)(=O)c1ccc(F)cc1)Nc1ccc(F)c(F)c1. The van der Waals surface area contributed by atoms with Crippen LogP contribution in [0, 0.1) is 17.5 Å². The van der Waals surface area contributed by atoms with Crippen molar-refractivity contribution in [1.29, 1.82) is 0 Å². The van der Waals surface area contributed by atoms with Gasteiger partial charge in [0.15, 0.2) is 11.6 Å². The van der Waals surface area contributed by atoms with Gasteiger partial charge in [0.25, 0.3) is 0 Å². The maximum absolute atomic E-state index is 13.3. The molecule has 1 N–H and O–H groups in total. The van der Waals surface area contributed by atoms with Crippen LogP contribution in [0.15, 0.2) is 47.4 Å². The topological polar surface area (TPSA) is 66.5 Å². The number of nitrogens with zero attached hydrogens (tertiary/aromatic N) is 1.